The minimum Gasteiger partial charge on any atom is -0.355 e. The maximum Gasteiger partial charge on any atom is 0.233 e. The van der Waals surface area contributed by atoms with Crippen molar-refractivity contribution in [2.45, 2.75) is 40.0 Å². The molecule has 0 radical (unpaired) electrons. The lowest BCUT2D eigenvalue weighted by molar-refractivity contribution is -0.120. The van der Waals surface area contributed by atoms with Crippen LogP contribution in [0.15, 0.2) is 0 Å². The zero-order valence-electron chi connectivity index (χ0n) is 9.73. The fourth-order valence-corrected chi connectivity index (χ4v) is 1.21. The number of hydrogen-bond acceptors (Lipinski definition) is 2. The zero-order valence-corrected chi connectivity index (χ0v) is 9.73. The summed E-state index contributed by atoms with van der Waals surface area (Å²) in [4.78, 5) is 11.1. The average molecular weight is 200 g/mol. The van der Waals surface area contributed by atoms with Crippen molar-refractivity contribution >= 4 is 5.91 Å². The Morgan fingerprint density at radius 2 is 2.00 bits per heavy atom. The minimum atomic E-state index is 0.108. The van der Waals surface area contributed by atoms with E-state index in [1.807, 2.05) is 6.92 Å². The highest BCUT2D eigenvalue weighted by molar-refractivity contribution is 5.77. The predicted molar refractivity (Wildman–Crippen MR) is 60.2 cm³/mol. The van der Waals surface area contributed by atoms with Gasteiger partial charge in [0.05, 0.1) is 6.54 Å². The van der Waals surface area contributed by atoms with Gasteiger partial charge in [-0.1, -0.05) is 33.6 Å². The Morgan fingerprint density at radius 1 is 1.29 bits per heavy atom. The predicted octanol–water partition coefficient (Wildman–Crippen LogP) is 1.54. The van der Waals surface area contributed by atoms with E-state index in [0.717, 1.165) is 25.4 Å². The van der Waals surface area contributed by atoms with Gasteiger partial charge in [-0.3, -0.25) is 4.79 Å². The van der Waals surface area contributed by atoms with Gasteiger partial charge in [0.1, 0.15) is 0 Å². The number of nitrogens with one attached hydrogen (secondary N) is 2. The van der Waals surface area contributed by atoms with Gasteiger partial charge in [-0.25, -0.2) is 0 Å². The lowest BCUT2D eigenvalue weighted by Crippen LogP contribution is -2.34. The SMILES string of the molecule is CCNCC(=O)NCCCCC(C)C. The third-order valence-electron chi connectivity index (χ3n) is 2.07. The van der Waals surface area contributed by atoms with Crippen LogP contribution < -0.4 is 10.6 Å². The second-order valence-corrected chi connectivity index (χ2v) is 4.02. The summed E-state index contributed by atoms with van der Waals surface area (Å²) in [7, 11) is 0. The van der Waals surface area contributed by atoms with Crippen molar-refractivity contribution in [2.75, 3.05) is 19.6 Å². The van der Waals surface area contributed by atoms with E-state index in [2.05, 4.69) is 24.5 Å². The van der Waals surface area contributed by atoms with Gasteiger partial charge in [-0.15, -0.1) is 0 Å². The third kappa shape index (κ3) is 9.52. The van der Waals surface area contributed by atoms with Crippen LogP contribution >= 0.6 is 0 Å². The van der Waals surface area contributed by atoms with Gasteiger partial charge in [0, 0.05) is 6.54 Å². The smallest absolute Gasteiger partial charge is 0.233 e. The second-order valence-electron chi connectivity index (χ2n) is 4.02. The maximum atomic E-state index is 11.1. The highest BCUT2D eigenvalue weighted by atomic mass is 16.1. The van der Waals surface area contributed by atoms with Crippen LogP contribution in [0.25, 0.3) is 0 Å². The van der Waals surface area contributed by atoms with Crippen LogP contribution in [-0.4, -0.2) is 25.5 Å². The summed E-state index contributed by atoms with van der Waals surface area (Å²) in [5, 5.41) is 5.88. The highest BCUT2D eigenvalue weighted by Gasteiger charge is 1.98. The van der Waals surface area contributed by atoms with E-state index >= 15 is 0 Å². The molecule has 0 aliphatic heterocycles. The molecule has 2 N–H and O–H groups in total. The summed E-state index contributed by atoms with van der Waals surface area (Å²) in [5.74, 6) is 0.879. The Balaban J connectivity index is 3.15. The van der Waals surface area contributed by atoms with Gasteiger partial charge >= 0.3 is 0 Å². The summed E-state index contributed by atoms with van der Waals surface area (Å²) >= 11 is 0. The summed E-state index contributed by atoms with van der Waals surface area (Å²) in [6.45, 7) is 8.56. The van der Waals surface area contributed by atoms with Gasteiger partial charge in [-0.05, 0) is 18.9 Å². The molecule has 0 atom stereocenters. The van der Waals surface area contributed by atoms with E-state index < -0.39 is 0 Å². The first-order valence-electron chi connectivity index (χ1n) is 5.64. The summed E-state index contributed by atoms with van der Waals surface area (Å²) < 4.78 is 0. The van der Waals surface area contributed by atoms with Crippen LogP contribution in [0.3, 0.4) is 0 Å². The van der Waals surface area contributed by atoms with Crippen LogP contribution in [-0.2, 0) is 4.79 Å². The molecule has 3 nitrogen and oxygen atoms in total. The van der Waals surface area contributed by atoms with Crippen molar-refractivity contribution in [1.82, 2.24) is 10.6 Å². The molecule has 0 saturated heterocycles. The summed E-state index contributed by atoms with van der Waals surface area (Å²) in [5.41, 5.74) is 0. The number of carbonyl (C=O) groups excluding carboxylic acids is 1. The molecule has 14 heavy (non-hydrogen) atoms. The standard InChI is InChI=1S/C11H24N2O/c1-4-12-9-11(14)13-8-6-5-7-10(2)3/h10,12H,4-9H2,1-3H3,(H,13,14). The first-order chi connectivity index (χ1) is 6.66. The largest absolute Gasteiger partial charge is 0.355 e. The molecule has 0 fully saturated rings. The molecule has 0 saturated carbocycles. The molecule has 3 heteroatoms. The number of amides is 1. The van der Waals surface area contributed by atoms with Crippen molar-refractivity contribution in [1.29, 1.82) is 0 Å². The van der Waals surface area contributed by atoms with Gasteiger partial charge in [-0.2, -0.15) is 0 Å². The molecule has 0 spiro atoms. The zero-order chi connectivity index (χ0) is 10.8. The van der Waals surface area contributed by atoms with E-state index in [0.29, 0.717) is 6.54 Å². The molecular weight excluding hydrogens is 176 g/mol. The molecule has 0 aliphatic rings. The van der Waals surface area contributed by atoms with Crippen LogP contribution in [0.1, 0.15) is 40.0 Å². The molecular formula is C11H24N2O. The highest BCUT2D eigenvalue weighted by Crippen LogP contribution is 2.04. The fraction of sp³-hybridized carbons (Fsp3) is 0.909. The number of hydrogen-bond donors (Lipinski definition) is 2. The first-order valence-corrected chi connectivity index (χ1v) is 5.64. The molecule has 0 rings (SSSR count). The molecule has 0 bridgehead atoms. The van der Waals surface area contributed by atoms with Gasteiger partial charge in [0.15, 0.2) is 0 Å². The van der Waals surface area contributed by atoms with Crippen LogP contribution in [0, 0.1) is 5.92 Å². The van der Waals surface area contributed by atoms with Crippen molar-refractivity contribution in [3.8, 4) is 0 Å². The number of rotatable bonds is 8. The molecule has 0 aromatic rings. The molecule has 0 aromatic carbocycles. The Kier molecular flexibility index (Phi) is 8.64. The number of likely N-dealkylation sites (N-methyl/N-ethyl adjacent to an activating group) is 1. The van der Waals surface area contributed by atoms with Crippen LogP contribution in [0.4, 0.5) is 0 Å². The Bertz CT molecular complexity index is 146. The summed E-state index contributed by atoms with van der Waals surface area (Å²) in [6.07, 6.45) is 3.55. The summed E-state index contributed by atoms with van der Waals surface area (Å²) in [6, 6.07) is 0. The molecule has 0 aliphatic carbocycles. The maximum absolute atomic E-state index is 11.1. The van der Waals surface area contributed by atoms with Crippen LogP contribution in [0.5, 0.6) is 0 Å². The molecule has 1 amide bonds. The molecule has 84 valence electrons. The van der Waals surface area contributed by atoms with E-state index in [1.54, 1.807) is 0 Å². The topological polar surface area (TPSA) is 41.1 Å². The molecule has 0 heterocycles. The van der Waals surface area contributed by atoms with Gasteiger partial charge in [0.2, 0.25) is 5.91 Å². The van der Waals surface area contributed by atoms with Crippen LogP contribution in [0.2, 0.25) is 0 Å². The Morgan fingerprint density at radius 3 is 2.57 bits per heavy atom. The van der Waals surface area contributed by atoms with Crippen molar-refractivity contribution in [3.63, 3.8) is 0 Å². The minimum absolute atomic E-state index is 0.108. The normalized spacial score (nSPS) is 10.6. The van der Waals surface area contributed by atoms with Crippen molar-refractivity contribution < 1.29 is 4.79 Å². The average Bonchev–Trinajstić information content (AvgIpc) is 2.13. The Labute approximate surface area is 87.6 Å². The quantitative estimate of drug-likeness (QED) is 0.584. The lowest BCUT2D eigenvalue weighted by Gasteiger charge is -2.06. The van der Waals surface area contributed by atoms with E-state index in [4.69, 9.17) is 0 Å². The lowest BCUT2D eigenvalue weighted by atomic mass is 10.1. The number of carbonyl (C=O) groups is 1. The third-order valence-corrected chi connectivity index (χ3v) is 2.07. The van der Waals surface area contributed by atoms with Crippen molar-refractivity contribution in [3.05, 3.63) is 0 Å². The molecule has 0 unspecified atom stereocenters. The fourth-order valence-electron chi connectivity index (χ4n) is 1.21. The van der Waals surface area contributed by atoms with Crippen molar-refractivity contribution in [2.24, 2.45) is 5.92 Å². The second kappa shape index (κ2) is 9.00. The number of unbranched alkanes of at least 4 members (excludes halogenated alkanes) is 1. The van der Waals surface area contributed by atoms with E-state index in [9.17, 15) is 4.79 Å². The molecule has 0 aromatic heterocycles. The van der Waals surface area contributed by atoms with Gasteiger partial charge < -0.3 is 10.6 Å². The van der Waals surface area contributed by atoms with E-state index in [1.165, 1.54) is 12.8 Å². The first kappa shape index (κ1) is 13.4. The van der Waals surface area contributed by atoms with Gasteiger partial charge in [0.25, 0.3) is 0 Å². The monoisotopic (exact) mass is 200 g/mol. The Hall–Kier alpha value is -0.570. The van der Waals surface area contributed by atoms with E-state index in [-0.39, 0.29) is 5.91 Å².